The van der Waals surface area contributed by atoms with Crippen LogP contribution >= 0.6 is 31.9 Å². The highest BCUT2D eigenvalue weighted by Crippen LogP contribution is 2.40. The van der Waals surface area contributed by atoms with Gasteiger partial charge < -0.3 is 9.97 Å². The Balaban J connectivity index is 2.06. The van der Waals surface area contributed by atoms with E-state index in [-0.39, 0.29) is 22.4 Å². The van der Waals surface area contributed by atoms with Gasteiger partial charge in [-0.1, -0.05) is 27.7 Å². The zero-order valence-electron chi connectivity index (χ0n) is 23.0. The summed E-state index contributed by atoms with van der Waals surface area (Å²) in [5.41, 5.74) is 9.39. The van der Waals surface area contributed by atoms with Crippen LogP contribution in [0.4, 0.5) is 0 Å². The molecule has 3 aromatic heterocycles. The fourth-order valence-corrected chi connectivity index (χ4v) is 6.74. The SMILES string of the molecule is CC(=O)c1c(C)c2cc3nc(c(Br)c4[nH]c(cc5nc(c(Br)c1[nH]2)CC5(C)C)c(C)c4C(C)=O)CC3(C)C. The molecule has 2 N–H and O–H groups in total. The van der Waals surface area contributed by atoms with E-state index in [4.69, 9.17) is 9.97 Å². The summed E-state index contributed by atoms with van der Waals surface area (Å²) in [6, 6.07) is 4.10. The lowest BCUT2D eigenvalue weighted by Gasteiger charge is -2.16. The Labute approximate surface area is 239 Å². The summed E-state index contributed by atoms with van der Waals surface area (Å²) in [6.45, 7) is 15.8. The largest absolute Gasteiger partial charge is 0.354 e. The molecule has 0 radical (unpaired) electrons. The normalized spacial score (nSPS) is 16.1. The molecule has 0 unspecified atom stereocenters. The summed E-state index contributed by atoms with van der Waals surface area (Å²) in [4.78, 5) is 42.8. The number of H-pyrrole nitrogens is 2. The molecule has 38 heavy (non-hydrogen) atoms. The molecule has 2 aliphatic rings. The van der Waals surface area contributed by atoms with E-state index >= 15 is 0 Å². The summed E-state index contributed by atoms with van der Waals surface area (Å²) < 4.78 is 1.58. The molecule has 8 bridgehead atoms. The molecule has 2 aliphatic heterocycles. The molecule has 0 fully saturated rings. The van der Waals surface area contributed by atoms with Gasteiger partial charge in [0.25, 0.3) is 0 Å². The van der Waals surface area contributed by atoms with Crippen molar-refractivity contribution in [2.75, 3.05) is 0 Å². The van der Waals surface area contributed by atoms with Crippen molar-refractivity contribution in [3.05, 3.63) is 66.1 Å². The number of aromatic nitrogens is 4. The van der Waals surface area contributed by atoms with E-state index < -0.39 is 0 Å². The minimum absolute atomic E-state index is 0.00108. The van der Waals surface area contributed by atoms with Gasteiger partial charge >= 0.3 is 0 Å². The number of aryl methyl sites for hydroxylation is 2. The van der Waals surface area contributed by atoms with Gasteiger partial charge in [0.1, 0.15) is 0 Å². The number of fused-ring (bicyclic) bond motifs is 8. The number of rotatable bonds is 2. The number of aromatic amines is 2. The number of hydrogen-bond acceptors (Lipinski definition) is 4. The summed E-state index contributed by atoms with van der Waals surface area (Å²) in [7, 11) is 0. The number of ketones is 2. The highest BCUT2D eigenvalue weighted by molar-refractivity contribution is 9.11. The first-order valence-corrected chi connectivity index (χ1v) is 14.3. The van der Waals surface area contributed by atoms with Gasteiger partial charge in [-0.05, 0) is 82.8 Å². The Kier molecular flexibility index (Phi) is 6.38. The van der Waals surface area contributed by atoms with Crippen LogP contribution in [0, 0.1) is 13.8 Å². The van der Waals surface area contributed by atoms with Crippen LogP contribution in [0.5, 0.6) is 0 Å². The Hall–Kier alpha value is -2.58. The molecule has 0 aliphatic carbocycles. The molecule has 8 heteroatoms. The number of carbonyl (C=O) groups is 2. The van der Waals surface area contributed by atoms with Crippen LogP contribution in [0.25, 0.3) is 22.1 Å². The third-order valence-electron chi connectivity index (χ3n) is 7.91. The van der Waals surface area contributed by atoms with Gasteiger partial charge in [-0.25, -0.2) is 0 Å². The molecule has 5 heterocycles. The summed E-state index contributed by atoms with van der Waals surface area (Å²) in [6.07, 6.45) is 1.40. The average Bonchev–Trinajstić information content (AvgIpc) is 3.49. The first-order valence-electron chi connectivity index (χ1n) is 12.7. The Morgan fingerprint density at radius 3 is 1.39 bits per heavy atom. The van der Waals surface area contributed by atoms with Crippen LogP contribution in [-0.2, 0) is 23.7 Å². The molecule has 0 saturated heterocycles. The molecule has 0 atom stereocenters. The van der Waals surface area contributed by atoms with Crippen molar-refractivity contribution in [1.29, 1.82) is 0 Å². The maximum atomic E-state index is 12.8. The Morgan fingerprint density at radius 1 is 0.737 bits per heavy atom. The minimum atomic E-state index is -0.243. The van der Waals surface area contributed by atoms with Crippen LogP contribution in [0.1, 0.15) is 96.2 Å². The molecular formula is C30H32Br2N4O2. The monoisotopic (exact) mass is 638 g/mol. The standard InChI is InChI=1S/C30H32Br2N4O2/c1-13-17-9-21-29(5,6)12-20(33-21)26(32)28-24(16(4)38)14(2)18(36-28)10-22-30(7,8)11-19(34-22)25(31)27(35-17)23(13)15(3)37/h9-10,35-36H,11-12H2,1-8H3. The van der Waals surface area contributed by atoms with Gasteiger partial charge in [0.15, 0.2) is 11.6 Å². The van der Waals surface area contributed by atoms with E-state index in [1.807, 2.05) is 26.0 Å². The van der Waals surface area contributed by atoms with E-state index in [9.17, 15) is 9.59 Å². The molecule has 0 aromatic carbocycles. The van der Waals surface area contributed by atoms with Crippen LogP contribution < -0.4 is 0 Å². The molecule has 0 saturated carbocycles. The average molecular weight is 640 g/mol. The number of carbonyl (C=O) groups excluding carboxylic acids is 2. The number of nitrogens with one attached hydrogen (secondary N) is 2. The van der Waals surface area contributed by atoms with Crippen LogP contribution in [-0.4, -0.2) is 31.5 Å². The molecule has 0 amide bonds. The van der Waals surface area contributed by atoms with Crippen molar-refractivity contribution in [3.8, 4) is 0 Å². The topological polar surface area (TPSA) is 91.5 Å². The smallest absolute Gasteiger partial charge is 0.162 e. The molecular weight excluding hydrogens is 608 g/mol. The van der Waals surface area contributed by atoms with Gasteiger partial charge in [-0.2, -0.15) is 0 Å². The van der Waals surface area contributed by atoms with E-state index in [2.05, 4.69) is 69.5 Å². The van der Waals surface area contributed by atoms with Crippen molar-refractivity contribution in [3.63, 3.8) is 0 Å². The molecule has 6 nitrogen and oxygen atoms in total. The first-order chi connectivity index (χ1) is 17.6. The zero-order chi connectivity index (χ0) is 27.9. The fourth-order valence-electron chi connectivity index (χ4n) is 5.69. The third kappa shape index (κ3) is 4.20. The second-order valence-corrected chi connectivity index (χ2v) is 13.5. The number of nitrogens with zero attached hydrogens (tertiary/aromatic N) is 2. The highest BCUT2D eigenvalue weighted by Gasteiger charge is 2.33. The minimum Gasteiger partial charge on any atom is -0.354 e. The lowest BCUT2D eigenvalue weighted by molar-refractivity contribution is 0.101. The number of Topliss-reactive ketones (excluding diaryl/α,β-unsaturated/α-hetero) is 2. The van der Waals surface area contributed by atoms with Crippen molar-refractivity contribution < 1.29 is 9.59 Å². The number of halogens is 2. The Morgan fingerprint density at radius 2 is 1.08 bits per heavy atom. The maximum Gasteiger partial charge on any atom is 0.162 e. The molecule has 5 rings (SSSR count). The fraction of sp³-hybridized carbons (Fsp3) is 0.400. The van der Waals surface area contributed by atoms with Crippen molar-refractivity contribution in [1.82, 2.24) is 19.9 Å². The summed E-state index contributed by atoms with van der Waals surface area (Å²) >= 11 is 7.62. The van der Waals surface area contributed by atoms with E-state index in [1.54, 1.807) is 13.8 Å². The van der Waals surface area contributed by atoms with Crippen molar-refractivity contribution in [2.45, 2.75) is 79.1 Å². The van der Waals surface area contributed by atoms with Crippen LogP contribution in [0.15, 0.2) is 21.1 Å². The van der Waals surface area contributed by atoms with Crippen molar-refractivity contribution in [2.24, 2.45) is 0 Å². The van der Waals surface area contributed by atoms with Gasteiger partial charge in [-0.3, -0.25) is 19.6 Å². The second-order valence-electron chi connectivity index (χ2n) is 11.9. The predicted molar refractivity (Wildman–Crippen MR) is 159 cm³/mol. The zero-order valence-corrected chi connectivity index (χ0v) is 26.2. The van der Waals surface area contributed by atoms with E-state index in [0.29, 0.717) is 24.0 Å². The third-order valence-corrected chi connectivity index (χ3v) is 9.61. The lowest BCUT2D eigenvalue weighted by atomic mass is 9.86. The second kappa shape index (κ2) is 8.98. The van der Waals surface area contributed by atoms with Gasteiger partial charge in [-0.15, -0.1) is 0 Å². The summed E-state index contributed by atoms with van der Waals surface area (Å²) in [5.74, 6) is -0.00217. The maximum absolute atomic E-state index is 12.8. The molecule has 0 spiro atoms. The lowest BCUT2D eigenvalue weighted by Crippen LogP contribution is -2.15. The predicted octanol–water partition coefficient (Wildman–Crippen LogP) is 7.90. The van der Waals surface area contributed by atoms with E-state index in [0.717, 1.165) is 64.9 Å². The van der Waals surface area contributed by atoms with Gasteiger partial charge in [0, 0.05) is 57.2 Å². The van der Waals surface area contributed by atoms with Crippen molar-refractivity contribution >= 4 is 65.5 Å². The molecule has 198 valence electrons. The Bertz CT molecular complexity index is 1600. The first kappa shape index (κ1) is 27.0. The van der Waals surface area contributed by atoms with Crippen LogP contribution in [0.3, 0.4) is 0 Å². The van der Waals surface area contributed by atoms with E-state index in [1.165, 1.54) is 0 Å². The molecule has 3 aromatic rings. The quantitative estimate of drug-likeness (QED) is 0.279. The van der Waals surface area contributed by atoms with Gasteiger partial charge in [0.05, 0.1) is 31.4 Å². The number of hydrogen-bond donors (Lipinski definition) is 2. The summed E-state index contributed by atoms with van der Waals surface area (Å²) in [5, 5.41) is 0. The van der Waals surface area contributed by atoms with Crippen LogP contribution in [0.2, 0.25) is 0 Å². The van der Waals surface area contributed by atoms with Gasteiger partial charge in [0.2, 0.25) is 0 Å². The highest BCUT2D eigenvalue weighted by atomic mass is 79.9.